The van der Waals surface area contributed by atoms with Crippen molar-refractivity contribution in [2.75, 3.05) is 26.2 Å². The third kappa shape index (κ3) is 4.37. The first kappa shape index (κ1) is 19.2. The van der Waals surface area contributed by atoms with E-state index in [1.165, 1.54) is 29.2 Å². The van der Waals surface area contributed by atoms with Crippen LogP contribution in [0.1, 0.15) is 31.4 Å². The van der Waals surface area contributed by atoms with Crippen LogP contribution in [0.5, 0.6) is 0 Å². The molecule has 4 nitrogen and oxygen atoms in total. The van der Waals surface area contributed by atoms with Gasteiger partial charge in [0, 0.05) is 25.7 Å². The van der Waals surface area contributed by atoms with E-state index in [9.17, 15) is 4.79 Å². The molecule has 4 rings (SSSR count). The van der Waals surface area contributed by atoms with Crippen molar-refractivity contribution in [1.82, 2.24) is 10.2 Å². The maximum atomic E-state index is 12.0. The molecule has 26 heavy (non-hydrogen) atoms. The van der Waals surface area contributed by atoms with Crippen LogP contribution in [-0.4, -0.2) is 43.2 Å². The number of morpholine rings is 1. The van der Waals surface area contributed by atoms with Gasteiger partial charge < -0.3 is 15.0 Å². The Morgan fingerprint density at radius 1 is 1.19 bits per heavy atom. The van der Waals surface area contributed by atoms with E-state index in [4.69, 9.17) is 4.74 Å². The molecule has 0 radical (unpaired) electrons. The lowest BCUT2D eigenvalue weighted by Gasteiger charge is -2.33. The van der Waals surface area contributed by atoms with E-state index in [0.717, 1.165) is 19.0 Å². The van der Waals surface area contributed by atoms with Gasteiger partial charge in [-0.1, -0.05) is 42.5 Å². The van der Waals surface area contributed by atoms with Gasteiger partial charge in [0.25, 0.3) is 0 Å². The Morgan fingerprint density at radius 2 is 1.96 bits per heavy atom. The number of hydrogen-bond donors (Lipinski definition) is 1. The topological polar surface area (TPSA) is 41.6 Å². The van der Waals surface area contributed by atoms with E-state index in [2.05, 4.69) is 54.7 Å². The van der Waals surface area contributed by atoms with Crippen LogP contribution in [0.15, 0.2) is 42.5 Å². The van der Waals surface area contributed by atoms with Crippen LogP contribution in [0.4, 0.5) is 0 Å². The third-order valence-corrected chi connectivity index (χ3v) is 5.34. The molecular weight excluding hydrogens is 348 g/mol. The highest BCUT2D eigenvalue weighted by molar-refractivity contribution is 5.86. The summed E-state index contributed by atoms with van der Waals surface area (Å²) in [7, 11) is 0. The number of nitrogens with zero attached hydrogens (tertiary/aromatic N) is 1. The van der Waals surface area contributed by atoms with Crippen molar-refractivity contribution in [3.8, 4) is 0 Å². The van der Waals surface area contributed by atoms with Crippen molar-refractivity contribution in [3.05, 3.63) is 48.0 Å². The molecule has 1 saturated heterocycles. The second-order valence-electron chi connectivity index (χ2n) is 7.37. The number of nitrogens with one attached hydrogen (secondary N) is 1. The largest absolute Gasteiger partial charge is 0.365 e. The molecule has 1 aliphatic carbocycles. The van der Waals surface area contributed by atoms with Crippen LogP contribution >= 0.6 is 12.4 Å². The Bertz CT molecular complexity index is 757. The van der Waals surface area contributed by atoms with Crippen molar-refractivity contribution >= 4 is 29.1 Å². The first-order chi connectivity index (χ1) is 12.2. The zero-order chi connectivity index (χ0) is 17.2. The number of benzene rings is 2. The van der Waals surface area contributed by atoms with Gasteiger partial charge in [0.1, 0.15) is 6.61 Å². The molecular formula is C21H27ClN2O2. The molecule has 0 aromatic heterocycles. The number of hydrogen-bond acceptors (Lipinski definition) is 3. The number of halogens is 1. The van der Waals surface area contributed by atoms with Gasteiger partial charge in [0.15, 0.2) is 0 Å². The van der Waals surface area contributed by atoms with E-state index < -0.39 is 0 Å². The normalized spacial score (nSPS) is 21.5. The van der Waals surface area contributed by atoms with E-state index in [-0.39, 0.29) is 37.1 Å². The average Bonchev–Trinajstić information content (AvgIpc) is 3.45. The monoisotopic (exact) mass is 374 g/mol. The average molecular weight is 375 g/mol. The van der Waals surface area contributed by atoms with Gasteiger partial charge in [-0.15, -0.1) is 12.4 Å². The van der Waals surface area contributed by atoms with Gasteiger partial charge in [-0.3, -0.25) is 4.79 Å². The van der Waals surface area contributed by atoms with Crippen molar-refractivity contribution in [2.24, 2.45) is 5.92 Å². The first-order valence-electron chi connectivity index (χ1n) is 9.31. The molecule has 2 aromatic rings. The summed E-state index contributed by atoms with van der Waals surface area (Å²) in [6.45, 7) is 4.81. The van der Waals surface area contributed by atoms with Crippen LogP contribution in [0.2, 0.25) is 0 Å². The van der Waals surface area contributed by atoms with Crippen LogP contribution in [-0.2, 0) is 9.53 Å². The fourth-order valence-corrected chi connectivity index (χ4v) is 3.64. The fourth-order valence-electron chi connectivity index (χ4n) is 3.64. The molecule has 2 atom stereocenters. The van der Waals surface area contributed by atoms with Crippen LogP contribution in [0.25, 0.3) is 10.8 Å². The minimum Gasteiger partial charge on any atom is -0.365 e. The highest BCUT2D eigenvalue weighted by Crippen LogP contribution is 2.30. The standard InChI is InChI=1S/C21H26N2O2.ClH/c1-15(19-8-4-6-17-5-2-3-7-20(17)19)22-11-18-13-23(12-16-9-10-16)21(24)14-25-18;/h2-8,15-16,18,22H,9-14H2,1H3;1H/t15-,18?;/m1./s1. The summed E-state index contributed by atoms with van der Waals surface area (Å²) in [5.74, 6) is 0.871. The summed E-state index contributed by atoms with van der Waals surface area (Å²) in [4.78, 5) is 14.0. The molecule has 2 aliphatic rings. The summed E-state index contributed by atoms with van der Waals surface area (Å²) in [5.41, 5.74) is 1.31. The van der Waals surface area contributed by atoms with Gasteiger partial charge in [-0.2, -0.15) is 0 Å². The summed E-state index contributed by atoms with van der Waals surface area (Å²) in [6, 6.07) is 15.2. The molecule has 1 unspecified atom stereocenters. The van der Waals surface area contributed by atoms with Crippen molar-refractivity contribution < 1.29 is 9.53 Å². The van der Waals surface area contributed by atoms with Crippen molar-refractivity contribution in [3.63, 3.8) is 0 Å². The lowest BCUT2D eigenvalue weighted by atomic mass is 9.99. The minimum absolute atomic E-state index is 0. The molecule has 5 heteroatoms. The second-order valence-corrected chi connectivity index (χ2v) is 7.37. The zero-order valence-electron chi connectivity index (χ0n) is 15.2. The number of fused-ring (bicyclic) bond motifs is 1. The van der Waals surface area contributed by atoms with E-state index in [0.29, 0.717) is 6.54 Å². The summed E-state index contributed by atoms with van der Waals surface area (Å²) in [6.07, 6.45) is 2.62. The van der Waals surface area contributed by atoms with E-state index in [1.54, 1.807) is 0 Å². The maximum Gasteiger partial charge on any atom is 0.248 e. The number of carbonyl (C=O) groups is 1. The molecule has 2 fully saturated rings. The molecule has 0 spiro atoms. The van der Waals surface area contributed by atoms with Crippen LogP contribution < -0.4 is 5.32 Å². The highest BCUT2D eigenvalue weighted by Gasteiger charge is 2.31. The van der Waals surface area contributed by atoms with Gasteiger partial charge in [-0.25, -0.2) is 0 Å². The number of rotatable bonds is 6. The summed E-state index contributed by atoms with van der Waals surface area (Å²) in [5, 5.41) is 6.16. The Hall–Kier alpha value is -1.62. The van der Waals surface area contributed by atoms with E-state index >= 15 is 0 Å². The molecule has 1 amide bonds. The van der Waals surface area contributed by atoms with Gasteiger partial charge in [-0.05, 0) is 42.0 Å². The smallest absolute Gasteiger partial charge is 0.248 e. The quantitative estimate of drug-likeness (QED) is 0.840. The molecule has 2 aromatic carbocycles. The number of amides is 1. The maximum absolute atomic E-state index is 12.0. The van der Waals surface area contributed by atoms with Crippen molar-refractivity contribution in [1.29, 1.82) is 0 Å². The minimum atomic E-state index is 0. The Balaban J connectivity index is 0.00000196. The molecule has 1 aliphatic heterocycles. The zero-order valence-corrected chi connectivity index (χ0v) is 16.0. The second kappa shape index (κ2) is 8.38. The lowest BCUT2D eigenvalue weighted by molar-refractivity contribution is -0.148. The molecule has 1 N–H and O–H groups in total. The van der Waals surface area contributed by atoms with Crippen molar-refractivity contribution in [2.45, 2.75) is 31.9 Å². The molecule has 0 bridgehead atoms. The number of carbonyl (C=O) groups excluding carboxylic acids is 1. The predicted molar refractivity (Wildman–Crippen MR) is 107 cm³/mol. The summed E-state index contributed by atoms with van der Waals surface area (Å²) >= 11 is 0. The molecule has 140 valence electrons. The summed E-state index contributed by atoms with van der Waals surface area (Å²) < 4.78 is 5.74. The highest BCUT2D eigenvalue weighted by atomic mass is 35.5. The first-order valence-corrected chi connectivity index (χ1v) is 9.31. The number of ether oxygens (including phenoxy) is 1. The van der Waals surface area contributed by atoms with Gasteiger partial charge in [0.05, 0.1) is 6.10 Å². The van der Waals surface area contributed by atoms with Gasteiger partial charge in [0.2, 0.25) is 5.91 Å². The Labute approximate surface area is 161 Å². The third-order valence-electron chi connectivity index (χ3n) is 5.34. The van der Waals surface area contributed by atoms with Crippen LogP contribution in [0, 0.1) is 5.92 Å². The fraction of sp³-hybridized carbons (Fsp3) is 0.476. The lowest BCUT2D eigenvalue weighted by Crippen LogP contribution is -2.50. The SMILES string of the molecule is C[C@@H](NCC1CN(CC2CC2)C(=O)CO1)c1cccc2ccccc12.Cl. The Kier molecular flexibility index (Phi) is 6.17. The van der Waals surface area contributed by atoms with Crippen LogP contribution in [0.3, 0.4) is 0 Å². The van der Waals surface area contributed by atoms with Gasteiger partial charge >= 0.3 is 0 Å². The molecule has 1 heterocycles. The predicted octanol–water partition coefficient (Wildman–Crippen LogP) is 3.55. The molecule has 1 saturated carbocycles. The Morgan fingerprint density at radius 3 is 2.77 bits per heavy atom. The van der Waals surface area contributed by atoms with E-state index in [1.807, 2.05) is 4.90 Å².